The van der Waals surface area contributed by atoms with Crippen LogP contribution in [0.4, 0.5) is 0 Å². The third-order valence-corrected chi connectivity index (χ3v) is 4.19. The summed E-state index contributed by atoms with van der Waals surface area (Å²) < 4.78 is 33.3. The Balaban J connectivity index is 3.67. The summed E-state index contributed by atoms with van der Waals surface area (Å²) >= 11 is 0. The van der Waals surface area contributed by atoms with Crippen molar-refractivity contribution in [2.24, 2.45) is 17.8 Å². The molecule has 3 unspecified atom stereocenters. The van der Waals surface area contributed by atoms with Gasteiger partial charge >= 0.3 is 10.4 Å². The first-order chi connectivity index (χ1) is 8.26. The molecular weight excluding hydrogens is 252 g/mol. The molecular formula is C13H28O4S. The SMILES string of the molecule is CCC(C)CC(C)C(C)CCCCOS(=O)(=O)O. The van der Waals surface area contributed by atoms with Crippen molar-refractivity contribution in [2.45, 2.75) is 59.8 Å². The van der Waals surface area contributed by atoms with Crippen molar-refractivity contribution in [3.63, 3.8) is 0 Å². The van der Waals surface area contributed by atoms with Crippen molar-refractivity contribution in [1.29, 1.82) is 0 Å². The zero-order valence-corrected chi connectivity index (χ0v) is 12.9. The van der Waals surface area contributed by atoms with Crippen LogP contribution in [0.3, 0.4) is 0 Å². The topological polar surface area (TPSA) is 63.6 Å². The lowest BCUT2D eigenvalue weighted by atomic mass is 9.84. The van der Waals surface area contributed by atoms with E-state index in [2.05, 4.69) is 31.9 Å². The molecule has 0 saturated carbocycles. The van der Waals surface area contributed by atoms with Gasteiger partial charge in [0.25, 0.3) is 0 Å². The number of rotatable bonds is 10. The second-order valence-corrected chi connectivity index (χ2v) is 6.54. The first-order valence-corrected chi connectivity index (χ1v) is 8.24. The predicted molar refractivity (Wildman–Crippen MR) is 73.8 cm³/mol. The van der Waals surface area contributed by atoms with E-state index in [0.717, 1.165) is 18.8 Å². The third-order valence-electron chi connectivity index (χ3n) is 3.73. The van der Waals surface area contributed by atoms with Gasteiger partial charge in [-0.25, -0.2) is 4.18 Å². The van der Waals surface area contributed by atoms with Crippen molar-refractivity contribution in [3.05, 3.63) is 0 Å². The van der Waals surface area contributed by atoms with Gasteiger partial charge in [-0.15, -0.1) is 0 Å². The molecule has 0 aliphatic heterocycles. The summed E-state index contributed by atoms with van der Waals surface area (Å²) in [6, 6.07) is 0. The summed E-state index contributed by atoms with van der Waals surface area (Å²) in [5.41, 5.74) is 0. The lowest BCUT2D eigenvalue weighted by Crippen LogP contribution is -2.12. The quantitative estimate of drug-likeness (QED) is 0.489. The molecule has 18 heavy (non-hydrogen) atoms. The molecule has 0 aromatic carbocycles. The zero-order valence-electron chi connectivity index (χ0n) is 12.1. The van der Waals surface area contributed by atoms with E-state index in [0.29, 0.717) is 18.3 Å². The molecule has 0 saturated heterocycles. The maximum absolute atomic E-state index is 10.3. The molecule has 1 N–H and O–H groups in total. The van der Waals surface area contributed by atoms with E-state index < -0.39 is 10.4 Å². The Morgan fingerprint density at radius 1 is 1.11 bits per heavy atom. The molecule has 0 fully saturated rings. The second-order valence-electron chi connectivity index (χ2n) is 5.45. The van der Waals surface area contributed by atoms with Crippen LogP contribution in [0.25, 0.3) is 0 Å². The zero-order chi connectivity index (χ0) is 14.2. The van der Waals surface area contributed by atoms with Gasteiger partial charge in [-0.1, -0.05) is 47.0 Å². The van der Waals surface area contributed by atoms with Gasteiger partial charge in [-0.3, -0.25) is 4.55 Å². The summed E-state index contributed by atoms with van der Waals surface area (Å²) in [6.07, 6.45) is 5.15. The molecule has 0 heterocycles. The van der Waals surface area contributed by atoms with E-state index in [1.54, 1.807) is 0 Å². The van der Waals surface area contributed by atoms with Crippen LogP contribution >= 0.6 is 0 Å². The molecule has 0 aromatic rings. The Morgan fingerprint density at radius 3 is 2.22 bits per heavy atom. The van der Waals surface area contributed by atoms with Crippen LogP contribution in [0.15, 0.2) is 0 Å². The Kier molecular flexibility index (Phi) is 8.82. The highest BCUT2D eigenvalue weighted by Crippen LogP contribution is 2.25. The van der Waals surface area contributed by atoms with E-state index in [1.165, 1.54) is 12.8 Å². The van der Waals surface area contributed by atoms with Gasteiger partial charge in [-0.2, -0.15) is 8.42 Å². The molecule has 4 nitrogen and oxygen atoms in total. The van der Waals surface area contributed by atoms with E-state index >= 15 is 0 Å². The van der Waals surface area contributed by atoms with Gasteiger partial charge in [-0.05, 0) is 30.6 Å². The summed E-state index contributed by atoms with van der Waals surface area (Å²) in [5, 5.41) is 0. The maximum Gasteiger partial charge on any atom is 0.397 e. The van der Waals surface area contributed by atoms with Crippen LogP contribution in [-0.4, -0.2) is 19.6 Å². The average molecular weight is 280 g/mol. The smallest absolute Gasteiger partial charge is 0.264 e. The highest BCUT2D eigenvalue weighted by molar-refractivity contribution is 7.80. The Labute approximate surface area is 112 Å². The maximum atomic E-state index is 10.3. The van der Waals surface area contributed by atoms with E-state index in [9.17, 15) is 8.42 Å². The average Bonchev–Trinajstić information content (AvgIpc) is 2.26. The molecule has 0 spiro atoms. The minimum absolute atomic E-state index is 0.0747. The fraction of sp³-hybridized carbons (Fsp3) is 1.00. The molecule has 5 heteroatoms. The fourth-order valence-electron chi connectivity index (χ4n) is 2.05. The van der Waals surface area contributed by atoms with Gasteiger partial charge in [0.2, 0.25) is 0 Å². The van der Waals surface area contributed by atoms with Crippen LogP contribution in [-0.2, 0) is 14.6 Å². The molecule has 0 aliphatic rings. The summed E-state index contributed by atoms with van der Waals surface area (Å²) in [6.45, 7) is 9.10. The molecule has 0 rings (SSSR count). The lowest BCUT2D eigenvalue weighted by Gasteiger charge is -2.22. The number of hydrogen-bond donors (Lipinski definition) is 1. The molecule has 0 amide bonds. The molecule has 0 radical (unpaired) electrons. The molecule has 0 aromatic heterocycles. The van der Waals surface area contributed by atoms with Crippen molar-refractivity contribution in [1.82, 2.24) is 0 Å². The van der Waals surface area contributed by atoms with Gasteiger partial charge in [0.1, 0.15) is 0 Å². The molecule has 110 valence electrons. The van der Waals surface area contributed by atoms with Crippen LogP contribution in [0.5, 0.6) is 0 Å². The van der Waals surface area contributed by atoms with Crippen molar-refractivity contribution >= 4 is 10.4 Å². The number of hydrogen-bond acceptors (Lipinski definition) is 3. The Morgan fingerprint density at radius 2 is 1.72 bits per heavy atom. The van der Waals surface area contributed by atoms with Crippen molar-refractivity contribution in [3.8, 4) is 0 Å². The lowest BCUT2D eigenvalue weighted by molar-refractivity contribution is 0.249. The standard InChI is InChI=1S/C13H28O4S/c1-5-11(2)10-13(4)12(3)8-6-7-9-17-18(14,15)16/h11-13H,5-10H2,1-4H3,(H,14,15,16). The van der Waals surface area contributed by atoms with Crippen molar-refractivity contribution in [2.75, 3.05) is 6.61 Å². The first-order valence-electron chi connectivity index (χ1n) is 6.88. The summed E-state index contributed by atoms with van der Waals surface area (Å²) in [5.74, 6) is 2.11. The summed E-state index contributed by atoms with van der Waals surface area (Å²) in [7, 11) is -4.26. The highest BCUT2D eigenvalue weighted by atomic mass is 32.3. The summed E-state index contributed by atoms with van der Waals surface area (Å²) in [4.78, 5) is 0. The Hall–Kier alpha value is -0.130. The van der Waals surface area contributed by atoms with E-state index in [1.807, 2.05) is 0 Å². The normalized spacial score (nSPS) is 17.4. The van der Waals surface area contributed by atoms with Gasteiger partial charge in [0.05, 0.1) is 6.61 Å². The predicted octanol–water partition coefficient (Wildman–Crippen LogP) is 3.68. The molecule has 0 bridgehead atoms. The van der Waals surface area contributed by atoms with Crippen LogP contribution < -0.4 is 0 Å². The van der Waals surface area contributed by atoms with Crippen molar-refractivity contribution < 1.29 is 17.2 Å². The van der Waals surface area contributed by atoms with E-state index in [4.69, 9.17) is 4.55 Å². The molecule has 0 aliphatic carbocycles. The Bertz CT molecular complexity index is 300. The molecule has 3 atom stereocenters. The minimum atomic E-state index is -4.26. The van der Waals surface area contributed by atoms with Gasteiger partial charge in [0, 0.05) is 0 Å². The monoisotopic (exact) mass is 280 g/mol. The van der Waals surface area contributed by atoms with Gasteiger partial charge < -0.3 is 0 Å². The first kappa shape index (κ1) is 17.9. The fourth-order valence-corrected chi connectivity index (χ4v) is 2.38. The van der Waals surface area contributed by atoms with Crippen LogP contribution in [0.2, 0.25) is 0 Å². The largest absolute Gasteiger partial charge is 0.397 e. The third kappa shape index (κ3) is 9.85. The van der Waals surface area contributed by atoms with E-state index in [-0.39, 0.29) is 6.61 Å². The van der Waals surface area contributed by atoms with Crippen LogP contribution in [0.1, 0.15) is 59.8 Å². The highest BCUT2D eigenvalue weighted by Gasteiger charge is 2.14. The number of unbranched alkanes of at least 4 members (excludes halogenated alkanes) is 1. The van der Waals surface area contributed by atoms with Crippen LogP contribution in [0, 0.1) is 17.8 Å². The van der Waals surface area contributed by atoms with Gasteiger partial charge in [0.15, 0.2) is 0 Å². The minimum Gasteiger partial charge on any atom is -0.264 e. The second kappa shape index (κ2) is 8.88.